The molecule has 0 aliphatic carbocycles. The zero-order valence-electron chi connectivity index (χ0n) is 17.2. The standard InChI is InChI=1S/C26H21NO3S/c1-16-8-9-23-21(14-16)19-6-3-5-18(26(19)31-23)17-4-2-7-20-22(28)15-24(30-25(17)20)27-10-12-29-13-11-27/h2-9,14-15H,10-13H2,1H3. The van der Waals surface area contributed by atoms with Gasteiger partial charge < -0.3 is 14.1 Å². The van der Waals surface area contributed by atoms with Crippen molar-refractivity contribution in [1.29, 1.82) is 0 Å². The zero-order valence-corrected chi connectivity index (χ0v) is 18.0. The molecule has 0 amide bonds. The quantitative estimate of drug-likeness (QED) is 0.348. The maximum Gasteiger partial charge on any atom is 0.200 e. The molecule has 0 unspecified atom stereocenters. The molecular weight excluding hydrogens is 406 g/mol. The molecule has 0 N–H and O–H groups in total. The lowest BCUT2D eigenvalue weighted by Crippen LogP contribution is -2.36. The van der Waals surface area contributed by atoms with Crippen LogP contribution in [0.1, 0.15) is 5.56 Å². The van der Waals surface area contributed by atoms with Gasteiger partial charge in [-0.25, -0.2) is 0 Å². The monoisotopic (exact) mass is 427 g/mol. The Labute approximate surface area is 183 Å². The van der Waals surface area contributed by atoms with Crippen molar-refractivity contribution in [3.8, 4) is 11.1 Å². The maximum absolute atomic E-state index is 13.0. The van der Waals surface area contributed by atoms with E-state index in [4.69, 9.17) is 9.15 Å². The summed E-state index contributed by atoms with van der Waals surface area (Å²) in [5, 5.41) is 3.13. The fourth-order valence-corrected chi connectivity index (χ4v) is 5.65. The normalized spacial score (nSPS) is 14.7. The van der Waals surface area contributed by atoms with Crippen molar-refractivity contribution in [3.63, 3.8) is 0 Å². The summed E-state index contributed by atoms with van der Waals surface area (Å²) in [5.74, 6) is 0.618. The Balaban J connectivity index is 1.62. The zero-order chi connectivity index (χ0) is 20.9. The lowest BCUT2D eigenvalue weighted by molar-refractivity contribution is 0.121. The molecule has 0 radical (unpaired) electrons. The molecule has 1 saturated heterocycles. The Kier molecular flexibility index (Phi) is 4.33. The Morgan fingerprint density at radius 1 is 0.871 bits per heavy atom. The van der Waals surface area contributed by atoms with E-state index in [9.17, 15) is 4.79 Å². The van der Waals surface area contributed by atoms with Crippen molar-refractivity contribution in [2.75, 3.05) is 31.2 Å². The highest BCUT2D eigenvalue weighted by Gasteiger charge is 2.19. The van der Waals surface area contributed by atoms with Gasteiger partial charge in [0.25, 0.3) is 0 Å². The molecule has 154 valence electrons. The molecular formula is C26H21NO3S. The number of hydrogen-bond acceptors (Lipinski definition) is 5. The smallest absolute Gasteiger partial charge is 0.200 e. The van der Waals surface area contributed by atoms with E-state index in [-0.39, 0.29) is 5.43 Å². The Morgan fingerprint density at radius 3 is 2.48 bits per heavy atom. The third-order valence-corrected chi connectivity index (χ3v) is 7.23. The van der Waals surface area contributed by atoms with E-state index >= 15 is 0 Å². The first-order valence-corrected chi connectivity index (χ1v) is 11.3. The van der Waals surface area contributed by atoms with Crippen molar-refractivity contribution in [2.24, 2.45) is 0 Å². The molecule has 5 aromatic rings. The van der Waals surface area contributed by atoms with Gasteiger partial charge in [0, 0.05) is 50.5 Å². The minimum absolute atomic E-state index is 0.0104. The molecule has 3 aromatic carbocycles. The lowest BCUT2D eigenvalue weighted by atomic mass is 10.00. The van der Waals surface area contributed by atoms with E-state index in [1.54, 1.807) is 17.4 Å². The van der Waals surface area contributed by atoms with Crippen LogP contribution in [-0.4, -0.2) is 26.3 Å². The van der Waals surface area contributed by atoms with Gasteiger partial charge in [0.2, 0.25) is 0 Å². The Hall–Kier alpha value is -3.15. The number of para-hydroxylation sites is 1. The third-order valence-electron chi connectivity index (χ3n) is 6.01. The molecule has 6 rings (SSSR count). The number of hydrogen-bond donors (Lipinski definition) is 0. The summed E-state index contributed by atoms with van der Waals surface area (Å²) < 4.78 is 14.3. The number of benzene rings is 3. The molecule has 0 spiro atoms. The van der Waals surface area contributed by atoms with Gasteiger partial charge in [-0.2, -0.15) is 0 Å². The second-order valence-electron chi connectivity index (χ2n) is 8.01. The second-order valence-corrected chi connectivity index (χ2v) is 9.07. The number of rotatable bonds is 2. The third kappa shape index (κ3) is 3.04. The number of ether oxygens (including phenoxy) is 1. The van der Waals surface area contributed by atoms with Crippen molar-refractivity contribution in [3.05, 3.63) is 76.5 Å². The first kappa shape index (κ1) is 18.6. The summed E-state index contributed by atoms with van der Waals surface area (Å²) >= 11 is 1.79. The van der Waals surface area contributed by atoms with Crippen LogP contribution < -0.4 is 10.3 Å². The van der Waals surface area contributed by atoms with Gasteiger partial charge in [-0.05, 0) is 25.1 Å². The number of morpholine rings is 1. The van der Waals surface area contributed by atoms with Gasteiger partial charge in [0.15, 0.2) is 11.3 Å². The molecule has 0 atom stereocenters. The topological polar surface area (TPSA) is 42.7 Å². The number of thiophene rings is 1. The van der Waals surface area contributed by atoms with Crippen molar-refractivity contribution in [2.45, 2.75) is 6.92 Å². The molecule has 0 bridgehead atoms. The van der Waals surface area contributed by atoms with Crippen molar-refractivity contribution < 1.29 is 9.15 Å². The van der Waals surface area contributed by atoms with Crippen LogP contribution in [0.3, 0.4) is 0 Å². The second kappa shape index (κ2) is 7.22. The van der Waals surface area contributed by atoms with Crippen LogP contribution in [0.5, 0.6) is 0 Å². The van der Waals surface area contributed by atoms with E-state index in [1.165, 1.54) is 25.7 Å². The molecule has 1 aliphatic heterocycles. The van der Waals surface area contributed by atoms with Gasteiger partial charge in [-0.3, -0.25) is 4.79 Å². The first-order valence-electron chi connectivity index (χ1n) is 10.5. The number of anilines is 1. The average Bonchev–Trinajstić information content (AvgIpc) is 3.17. The van der Waals surface area contributed by atoms with E-state index in [2.05, 4.69) is 54.3 Å². The number of aryl methyl sites for hydroxylation is 1. The van der Waals surface area contributed by atoms with Gasteiger partial charge in [0.05, 0.1) is 18.6 Å². The van der Waals surface area contributed by atoms with Crippen LogP contribution in [0, 0.1) is 6.92 Å². The summed E-state index contributed by atoms with van der Waals surface area (Å²) in [6.07, 6.45) is 0. The molecule has 3 heterocycles. The average molecular weight is 428 g/mol. The molecule has 0 saturated carbocycles. The summed E-state index contributed by atoms with van der Waals surface area (Å²) in [6.45, 7) is 4.86. The van der Waals surface area contributed by atoms with Gasteiger partial charge in [0.1, 0.15) is 5.58 Å². The number of fused-ring (bicyclic) bond motifs is 4. The van der Waals surface area contributed by atoms with E-state index in [1.807, 2.05) is 12.1 Å². The minimum Gasteiger partial charge on any atom is -0.440 e. The van der Waals surface area contributed by atoms with E-state index in [0.29, 0.717) is 30.1 Å². The summed E-state index contributed by atoms with van der Waals surface area (Å²) in [4.78, 5) is 15.0. The summed E-state index contributed by atoms with van der Waals surface area (Å²) in [7, 11) is 0. The van der Waals surface area contributed by atoms with Crippen LogP contribution in [0.25, 0.3) is 42.3 Å². The van der Waals surface area contributed by atoms with Crippen LogP contribution in [0.15, 0.2) is 69.9 Å². The predicted molar refractivity (Wildman–Crippen MR) is 129 cm³/mol. The Morgan fingerprint density at radius 2 is 1.65 bits per heavy atom. The van der Waals surface area contributed by atoms with Gasteiger partial charge >= 0.3 is 0 Å². The van der Waals surface area contributed by atoms with Crippen molar-refractivity contribution >= 4 is 48.4 Å². The molecule has 5 heteroatoms. The molecule has 1 aliphatic rings. The van der Waals surface area contributed by atoms with Crippen molar-refractivity contribution in [1.82, 2.24) is 0 Å². The highest BCUT2D eigenvalue weighted by atomic mass is 32.1. The van der Waals surface area contributed by atoms with E-state index in [0.717, 1.165) is 24.2 Å². The highest BCUT2D eigenvalue weighted by molar-refractivity contribution is 7.26. The maximum atomic E-state index is 13.0. The lowest BCUT2D eigenvalue weighted by Gasteiger charge is -2.27. The molecule has 1 fully saturated rings. The highest BCUT2D eigenvalue weighted by Crippen LogP contribution is 2.42. The van der Waals surface area contributed by atoms with Crippen LogP contribution in [-0.2, 0) is 4.74 Å². The SMILES string of the molecule is Cc1ccc2sc3c(-c4cccc5c(=O)cc(N6CCOCC6)oc45)cccc3c2c1. The number of nitrogens with zero attached hydrogens (tertiary/aromatic N) is 1. The fourth-order valence-electron chi connectivity index (χ4n) is 4.44. The van der Waals surface area contributed by atoms with Gasteiger partial charge in [-0.1, -0.05) is 42.0 Å². The van der Waals surface area contributed by atoms with Crippen LogP contribution in [0.4, 0.5) is 5.88 Å². The fraction of sp³-hybridized carbons (Fsp3) is 0.192. The predicted octanol–water partition coefficient (Wildman–Crippen LogP) is 5.97. The molecule has 2 aromatic heterocycles. The largest absolute Gasteiger partial charge is 0.440 e. The summed E-state index contributed by atoms with van der Waals surface area (Å²) in [6, 6.07) is 20.5. The van der Waals surface area contributed by atoms with E-state index < -0.39 is 0 Å². The van der Waals surface area contributed by atoms with Gasteiger partial charge in [-0.15, -0.1) is 11.3 Å². The Bertz CT molecular complexity index is 1510. The molecule has 31 heavy (non-hydrogen) atoms. The van der Waals surface area contributed by atoms with Crippen LogP contribution >= 0.6 is 11.3 Å². The van der Waals surface area contributed by atoms with Crippen LogP contribution in [0.2, 0.25) is 0 Å². The molecule has 4 nitrogen and oxygen atoms in total. The first-order chi connectivity index (χ1) is 15.2. The summed E-state index contributed by atoms with van der Waals surface area (Å²) in [5.41, 5.74) is 3.95. The minimum atomic E-state index is -0.0104.